The van der Waals surface area contributed by atoms with Crippen molar-refractivity contribution in [1.82, 2.24) is 15.0 Å². The Morgan fingerprint density at radius 3 is 2.33 bits per heavy atom. The predicted octanol–water partition coefficient (Wildman–Crippen LogP) is 4.94. The summed E-state index contributed by atoms with van der Waals surface area (Å²) >= 11 is 0. The van der Waals surface area contributed by atoms with Crippen molar-refractivity contribution in [3.8, 4) is 0 Å². The lowest BCUT2D eigenvalue weighted by molar-refractivity contribution is 0.588. The first-order valence-electron chi connectivity index (χ1n) is 10.4. The van der Waals surface area contributed by atoms with Gasteiger partial charge in [0.1, 0.15) is 18.8 Å². The van der Waals surface area contributed by atoms with Crippen LogP contribution in [0.25, 0.3) is 12.2 Å². The van der Waals surface area contributed by atoms with Crippen molar-refractivity contribution in [2.75, 3.05) is 30.5 Å². The number of nitrogens with one attached hydrogen (secondary N) is 2. The molecule has 0 spiro atoms. The molecule has 0 unspecified atom stereocenters. The van der Waals surface area contributed by atoms with Gasteiger partial charge in [0.25, 0.3) is 0 Å². The Bertz CT molecular complexity index is 1310. The van der Waals surface area contributed by atoms with Gasteiger partial charge in [0, 0.05) is 11.0 Å². The molecule has 0 bridgehead atoms. The Balaban J connectivity index is 1.62. The average molecular weight is 462 g/mol. The van der Waals surface area contributed by atoms with Crippen LogP contribution in [-0.2, 0) is 4.57 Å². The van der Waals surface area contributed by atoms with E-state index in [0.717, 1.165) is 16.6 Å². The van der Waals surface area contributed by atoms with Crippen LogP contribution in [0.2, 0.25) is 0 Å². The largest absolute Gasteiger partial charge is 0.324 e. The second kappa shape index (κ2) is 9.46. The van der Waals surface area contributed by atoms with Crippen molar-refractivity contribution < 1.29 is 8.96 Å². The molecule has 0 radical (unpaired) electrons. The third kappa shape index (κ3) is 6.20. The van der Waals surface area contributed by atoms with E-state index in [9.17, 15) is 8.96 Å². The monoisotopic (exact) mass is 462 g/mol. The maximum Gasteiger partial charge on any atom is 0.233 e. The lowest BCUT2D eigenvalue weighted by atomic mass is 10.2. The fourth-order valence-corrected chi connectivity index (χ4v) is 3.98. The summed E-state index contributed by atoms with van der Waals surface area (Å²) in [4.78, 5) is 17.8. The molecule has 1 aromatic heterocycles. The van der Waals surface area contributed by atoms with E-state index in [1.54, 1.807) is 37.6 Å². The molecule has 0 saturated carbocycles. The fraction of sp³-hybridized carbons (Fsp3) is 0.167. The van der Waals surface area contributed by atoms with E-state index in [0.29, 0.717) is 35.7 Å². The van der Waals surface area contributed by atoms with Crippen molar-refractivity contribution in [2.24, 2.45) is 4.99 Å². The number of nitrogens with zero attached hydrogens (tertiary/aromatic N) is 4. The van der Waals surface area contributed by atoms with Gasteiger partial charge in [-0.3, -0.25) is 4.99 Å². The fourth-order valence-electron chi connectivity index (χ4n) is 3.12. The van der Waals surface area contributed by atoms with Crippen LogP contribution in [0.5, 0.6) is 0 Å². The molecule has 0 amide bonds. The highest BCUT2D eigenvalue weighted by Crippen LogP contribution is 2.34. The number of rotatable bonds is 6. The molecule has 2 aromatic carbocycles. The number of aromatic nitrogens is 3. The van der Waals surface area contributed by atoms with Crippen LogP contribution in [0.4, 0.5) is 22.0 Å². The molecule has 0 atom stereocenters. The molecule has 3 aromatic rings. The second-order valence-corrected chi connectivity index (χ2v) is 11.3. The molecule has 0 fully saturated rings. The first-order valence-corrected chi connectivity index (χ1v) is 13.0. The molecule has 0 saturated heterocycles. The van der Waals surface area contributed by atoms with Gasteiger partial charge in [-0.25, -0.2) is 4.39 Å². The van der Waals surface area contributed by atoms with Gasteiger partial charge in [-0.05, 0) is 79.9 Å². The van der Waals surface area contributed by atoms with E-state index in [2.05, 4.69) is 30.6 Å². The minimum Gasteiger partial charge on any atom is -0.324 e. The molecule has 168 valence electrons. The van der Waals surface area contributed by atoms with E-state index in [1.807, 2.05) is 37.3 Å². The number of aliphatic imine (C=N–C) groups is 1. The third-order valence-electron chi connectivity index (χ3n) is 4.79. The third-order valence-corrected chi connectivity index (χ3v) is 6.34. The molecule has 0 aliphatic carbocycles. The van der Waals surface area contributed by atoms with Crippen molar-refractivity contribution in [1.29, 1.82) is 0 Å². The first-order chi connectivity index (χ1) is 15.7. The van der Waals surface area contributed by atoms with Crippen molar-refractivity contribution in [2.45, 2.75) is 6.92 Å². The number of anilines is 3. The van der Waals surface area contributed by atoms with Crippen molar-refractivity contribution in [3.63, 3.8) is 0 Å². The predicted molar refractivity (Wildman–Crippen MR) is 134 cm³/mol. The molecule has 2 N–H and O–H groups in total. The average Bonchev–Trinajstić information content (AvgIpc) is 3.16. The van der Waals surface area contributed by atoms with Crippen LogP contribution in [0.1, 0.15) is 18.3 Å². The summed E-state index contributed by atoms with van der Waals surface area (Å²) in [5.74, 6) is 1.41. The van der Waals surface area contributed by atoms with Crippen LogP contribution in [-0.4, -0.2) is 40.7 Å². The van der Waals surface area contributed by atoms with E-state index in [1.165, 1.54) is 12.1 Å². The molecule has 2 heterocycles. The van der Waals surface area contributed by atoms with Gasteiger partial charge in [-0.1, -0.05) is 18.2 Å². The Labute approximate surface area is 192 Å². The smallest absolute Gasteiger partial charge is 0.233 e. The second-order valence-electron chi connectivity index (χ2n) is 8.07. The highest BCUT2D eigenvalue weighted by molar-refractivity contribution is 7.70. The van der Waals surface area contributed by atoms with Crippen molar-refractivity contribution in [3.05, 3.63) is 77.4 Å². The Morgan fingerprint density at radius 1 is 0.970 bits per heavy atom. The summed E-state index contributed by atoms with van der Waals surface area (Å²) < 4.78 is 25.8. The highest BCUT2D eigenvalue weighted by atomic mass is 31.2. The van der Waals surface area contributed by atoms with E-state index < -0.39 is 7.14 Å². The van der Waals surface area contributed by atoms with E-state index in [4.69, 9.17) is 0 Å². The molecule has 9 heteroatoms. The van der Waals surface area contributed by atoms with Crippen LogP contribution in [0.3, 0.4) is 0 Å². The van der Waals surface area contributed by atoms with Gasteiger partial charge in [0.05, 0.1) is 6.54 Å². The number of benzene rings is 2. The summed E-state index contributed by atoms with van der Waals surface area (Å²) in [7, 11) is -2.33. The van der Waals surface area contributed by atoms with Gasteiger partial charge in [-0.15, -0.1) is 0 Å². The number of halogens is 1. The first kappa shape index (κ1) is 22.6. The Kier molecular flexibility index (Phi) is 6.47. The zero-order valence-corrected chi connectivity index (χ0v) is 19.5. The Morgan fingerprint density at radius 2 is 1.70 bits per heavy atom. The summed E-state index contributed by atoms with van der Waals surface area (Å²) in [6.45, 7) is 6.10. The lowest BCUT2D eigenvalue weighted by Crippen LogP contribution is -2.13. The standard InChI is InChI=1S/C24H24FN6OP/c1-16-13-22(26-15-16)30-24-29-21(12-7-17-5-4-6-18(25)14-17)28-23(31-24)27-19-8-10-20(11-9-19)33(2,3)32/h4-14H,15H2,1-3H3,(H2,26,27,28,29,30,31)/b12-7+. The van der Waals surface area contributed by atoms with E-state index >= 15 is 0 Å². The van der Waals surface area contributed by atoms with Crippen molar-refractivity contribution >= 4 is 48.0 Å². The lowest BCUT2D eigenvalue weighted by Gasteiger charge is -2.10. The molecule has 1 aliphatic rings. The molecule has 7 nitrogen and oxygen atoms in total. The van der Waals surface area contributed by atoms with Crippen LogP contribution in [0, 0.1) is 5.82 Å². The minimum atomic E-state index is -2.33. The quantitative estimate of drug-likeness (QED) is 0.504. The summed E-state index contributed by atoms with van der Waals surface area (Å²) in [5, 5.41) is 7.08. The summed E-state index contributed by atoms with van der Waals surface area (Å²) in [5.41, 5.74) is 2.58. The molecule has 33 heavy (non-hydrogen) atoms. The SMILES string of the molecule is CC1=CC(Nc2nc(/C=C/c3cccc(F)c3)nc(Nc3ccc(P(C)(C)=O)cc3)n2)=NC1. The highest BCUT2D eigenvalue weighted by Gasteiger charge is 2.12. The van der Waals surface area contributed by atoms with Gasteiger partial charge in [0.2, 0.25) is 11.9 Å². The zero-order valence-electron chi connectivity index (χ0n) is 18.6. The van der Waals surface area contributed by atoms with E-state index in [-0.39, 0.29) is 5.82 Å². The number of hydrogen-bond donors (Lipinski definition) is 2. The molecular formula is C24H24FN6OP. The normalized spacial score (nSPS) is 13.7. The number of amidine groups is 1. The molecular weight excluding hydrogens is 438 g/mol. The summed E-state index contributed by atoms with van der Waals surface area (Å²) in [6.07, 6.45) is 5.36. The van der Waals surface area contributed by atoms with Crippen LogP contribution < -0.4 is 15.9 Å². The maximum atomic E-state index is 13.5. The van der Waals surface area contributed by atoms with Gasteiger partial charge in [-0.2, -0.15) is 15.0 Å². The number of hydrogen-bond acceptors (Lipinski definition) is 7. The Hall–Kier alpha value is -3.64. The van der Waals surface area contributed by atoms with Crippen LogP contribution in [0.15, 0.2) is 65.2 Å². The molecule has 1 aliphatic heterocycles. The van der Waals surface area contributed by atoms with Gasteiger partial charge < -0.3 is 15.2 Å². The van der Waals surface area contributed by atoms with Gasteiger partial charge >= 0.3 is 0 Å². The zero-order chi connectivity index (χ0) is 23.4. The molecule has 4 rings (SSSR count). The maximum absolute atomic E-state index is 13.5. The summed E-state index contributed by atoms with van der Waals surface area (Å²) in [6, 6.07) is 13.6. The van der Waals surface area contributed by atoms with Gasteiger partial charge in [0.15, 0.2) is 5.82 Å². The van der Waals surface area contributed by atoms with Crippen LogP contribution >= 0.6 is 7.14 Å². The minimum absolute atomic E-state index is 0.314. The topological polar surface area (TPSA) is 92.2 Å².